The molecule has 0 aliphatic carbocycles. The molecule has 2 aromatic rings. The van der Waals surface area contributed by atoms with Gasteiger partial charge in [0, 0.05) is 16.8 Å². The van der Waals surface area contributed by atoms with Crippen LogP contribution in [-0.2, 0) is 0 Å². The lowest BCUT2D eigenvalue weighted by atomic mass is 10.0. The highest BCUT2D eigenvalue weighted by Crippen LogP contribution is 2.27. The molecule has 1 atom stereocenters. The molecule has 1 fully saturated rings. The summed E-state index contributed by atoms with van der Waals surface area (Å²) in [6, 6.07) is 13.4. The number of benzene rings is 2. The summed E-state index contributed by atoms with van der Waals surface area (Å²) < 4.78 is 5.27. The number of phenolic OH excluding ortho intramolecular Hbond substituents is 1. The van der Waals surface area contributed by atoms with E-state index in [2.05, 4.69) is 22.0 Å². The lowest BCUT2D eigenvalue weighted by Gasteiger charge is -2.34. The van der Waals surface area contributed by atoms with Crippen molar-refractivity contribution in [2.45, 2.75) is 25.3 Å². The van der Waals surface area contributed by atoms with Gasteiger partial charge in [-0.25, -0.2) is 0 Å². The highest BCUT2D eigenvalue weighted by molar-refractivity contribution is 6.30. The third-order valence-electron chi connectivity index (χ3n) is 4.83. The van der Waals surface area contributed by atoms with E-state index < -0.39 is 0 Å². The highest BCUT2D eigenvalue weighted by Gasteiger charge is 2.22. The number of nitrogens with zero attached hydrogens (tertiary/aromatic N) is 2. The molecule has 2 aromatic carbocycles. The summed E-state index contributed by atoms with van der Waals surface area (Å²) in [5, 5.41) is 10.5. The van der Waals surface area contributed by atoms with Crippen molar-refractivity contribution in [1.29, 1.82) is 0 Å². The van der Waals surface area contributed by atoms with Gasteiger partial charge >= 0.3 is 0 Å². The zero-order valence-electron chi connectivity index (χ0n) is 15.1. The van der Waals surface area contributed by atoms with Crippen molar-refractivity contribution in [2.24, 2.45) is 4.99 Å². The molecule has 0 amide bonds. The Bertz CT molecular complexity index is 740. The van der Waals surface area contributed by atoms with Crippen molar-refractivity contribution >= 4 is 17.8 Å². The summed E-state index contributed by atoms with van der Waals surface area (Å²) in [5.41, 5.74) is 1.88. The Balaban J connectivity index is 1.78. The highest BCUT2D eigenvalue weighted by atomic mass is 35.5. The van der Waals surface area contributed by atoms with Gasteiger partial charge in [0.1, 0.15) is 11.5 Å². The predicted octanol–water partition coefficient (Wildman–Crippen LogP) is 4.70. The quantitative estimate of drug-likeness (QED) is 0.747. The number of hydrogen-bond acceptors (Lipinski definition) is 4. The van der Waals surface area contributed by atoms with E-state index in [4.69, 9.17) is 16.3 Å². The number of hydrogen-bond donors (Lipinski definition) is 1. The van der Waals surface area contributed by atoms with Crippen LogP contribution < -0.4 is 4.74 Å². The third kappa shape index (κ3) is 4.77. The van der Waals surface area contributed by atoms with E-state index in [0.29, 0.717) is 17.1 Å². The topological polar surface area (TPSA) is 45.1 Å². The molecule has 26 heavy (non-hydrogen) atoms. The van der Waals surface area contributed by atoms with Crippen LogP contribution in [0.15, 0.2) is 47.5 Å². The van der Waals surface area contributed by atoms with Crippen molar-refractivity contribution in [2.75, 3.05) is 26.7 Å². The van der Waals surface area contributed by atoms with Gasteiger partial charge in [-0.3, -0.25) is 9.89 Å². The van der Waals surface area contributed by atoms with Crippen LogP contribution in [0, 0.1) is 0 Å². The van der Waals surface area contributed by atoms with Crippen LogP contribution >= 0.6 is 11.6 Å². The molecule has 5 heteroatoms. The Hall–Kier alpha value is -2.04. The second-order valence-electron chi connectivity index (χ2n) is 6.58. The fourth-order valence-electron chi connectivity index (χ4n) is 3.37. The number of aliphatic imine (C=N–C) groups is 1. The average molecular weight is 373 g/mol. The molecule has 0 aromatic heterocycles. The Labute approximate surface area is 160 Å². The van der Waals surface area contributed by atoms with Crippen molar-refractivity contribution in [3.8, 4) is 11.5 Å². The molecule has 1 heterocycles. The standard InChI is InChI=1S/C21H25ClN2O2/c1-26-19-8-5-16(6-9-19)20(24-11-3-2-4-12-24)15-23-14-17-13-18(22)7-10-21(17)25/h5-10,13-14,20,25H,2-4,11-12,15H2,1H3/t20-/m0/s1. The number of piperidine rings is 1. The van der Waals surface area contributed by atoms with E-state index >= 15 is 0 Å². The second kappa shape index (κ2) is 9.06. The number of likely N-dealkylation sites (tertiary alicyclic amines) is 1. The van der Waals surface area contributed by atoms with E-state index in [-0.39, 0.29) is 11.8 Å². The van der Waals surface area contributed by atoms with E-state index in [9.17, 15) is 5.11 Å². The first-order chi connectivity index (χ1) is 12.7. The summed E-state index contributed by atoms with van der Waals surface area (Å²) in [6.45, 7) is 2.82. The van der Waals surface area contributed by atoms with Crippen LogP contribution in [0.1, 0.15) is 36.4 Å². The normalized spacial score (nSPS) is 16.7. The molecule has 1 aliphatic rings. The maximum atomic E-state index is 9.95. The number of ether oxygens (including phenoxy) is 1. The number of methoxy groups -OCH3 is 1. The largest absolute Gasteiger partial charge is 0.507 e. The van der Waals surface area contributed by atoms with Crippen LogP contribution in [0.25, 0.3) is 0 Å². The van der Waals surface area contributed by atoms with Gasteiger partial charge in [-0.15, -0.1) is 0 Å². The van der Waals surface area contributed by atoms with Gasteiger partial charge in [0.05, 0.1) is 19.7 Å². The predicted molar refractivity (Wildman–Crippen MR) is 107 cm³/mol. The van der Waals surface area contributed by atoms with Gasteiger partial charge < -0.3 is 9.84 Å². The lowest BCUT2D eigenvalue weighted by Crippen LogP contribution is -2.35. The van der Waals surface area contributed by atoms with E-state index in [1.807, 2.05) is 12.1 Å². The van der Waals surface area contributed by atoms with Crippen molar-refractivity contribution in [3.05, 3.63) is 58.6 Å². The van der Waals surface area contributed by atoms with Crippen molar-refractivity contribution in [1.82, 2.24) is 4.90 Å². The zero-order chi connectivity index (χ0) is 18.4. The number of phenols is 1. The molecule has 0 bridgehead atoms. The molecule has 4 nitrogen and oxygen atoms in total. The van der Waals surface area contributed by atoms with Crippen LogP contribution in [0.4, 0.5) is 0 Å². The maximum absolute atomic E-state index is 9.95. The second-order valence-corrected chi connectivity index (χ2v) is 7.02. The molecule has 138 valence electrons. The van der Waals surface area contributed by atoms with Gasteiger partial charge in [0.15, 0.2) is 0 Å². The molecule has 3 rings (SSSR count). The Morgan fingerprint density at radius 1 is 1.15 bits per heavy atom. The Morgan fingerprint density at radius 2 is 1.88 bits per heavy atom. The van der Waals surface area contributed by atoms with Crippen LogP contribution in [-0.4, -0.2) is 43.0 Å². The van der Waals surface area contributed by atoms with Crippen molar-refractivity contribution in [3.63, 3.8) is 0 Å². The first-order valence-electron chi connectivity index (χ1n) is 9.04. The third-order valence-corrected chi connectivity index (χ3v) is 5.07. The molecule has 1 aliphatic heterocycles. The molecular formula is C21H25ClN2O2. The minimum absolute atomic E-state index is 0.192. The molecule has 0 unspecified atom stereocenters. The first kappa shape index (κ1) is 18.7. The summed E-state index contributed by atoms with van der Waals surface area (Å²) in [7, 11) is 1.68. The molecule has 1 N–H and O–H groups in total. The summed E-state index contributed by atoms with van der Waals surface area (Å²) in [6.07, 6.45) is 5.46. The molecule has 0 radical (unpaired) electrons. The minimum atomic E-state index is 0.192. The van der Waals surface area contributed by atoms with Crippen LogP contribution in [0.3, 0.4) is 0 Å². The van der Waals surface area contributed by atoms with Gasteiger partial charge in [-0.05, 0) is 61.8 Å². The number of halogens is 1. The average Bonchev–Trinajstić information content (AvgIpc) is 2.69. The SMILES string of the molecule is COc1ccc([C@H](CN=Cc2cc(Cl)ccc2O)N2CCCCC2)cc1. The fraction of sp³-hybridized carbons (Fsp3) is 0.381. The van der Waals surface area contributed by atoms with Crippen LogP contribution in [0.5, 0.6) is 11.5 Å². The summed E-state index contributed by atoms with van der Waals surface area (Å²) >= 11 is 6.01. The van der Waals surface area contributed by atoms with E-state index in [1.54, 1.807) is 31.5 Å². The fourth-order valence-corrected chi connectivity index (χ4v) is 3.55. The Morgan fingerprint density at radius 3 is 2.58 bits per heavy atom. The zero-order valence-corrected chi connectivity index (χ0v) is 15.8. The maximum Gasteiger partial charge on any atom is 0.124 e. The molecular weight excluding hydrogens is 348 g/mol. The monoisotopic (exact) mass is 372 g/mol. The van der Waals surface area contributed by atoms with Gasteiger partial charge in [-0.1, -0.05) is 30.2 Å². The molecule has 0 spiro atoms. The van der Waals surface area contributed by atoms with Crippen LogP contribution in [0.2, 0.25) is 5.02 Å². The summed E-state index contributed by atoms with van der Waals surface area (Å²) in [4.78, 5) is 7.12. The van der Waals surface area contributed by atoms with Crippen molar-refractivity contribution < 1.29 is 9.84 Å². The van der Waals surface area contributed by atoms with E-state index in [0.717, 1.165) is 18.8 Å². The lowest BCUT2D eigenvalue weighted by molar-refractivity contribution is 0.168. The van der Waals surface area contributed by atoms with E-state index in [1.165, 1.54) is 24.8 Å². The number of rotatable bonds is 6. The Kier molecular flexibility index (Phi) is 6.53. The summed E-state index contributed by atoms with van der Waals surface area (Å²) in [5.74, 6) is 1.05. The number of aromatic hydroxyl groups is 1. The molecule has 1 saturated heterocycles. The molecule has 0 saturated carbocycles. The van der Waals surface area contributed by atoms with Gasteiger partial charge in [0.25, 0.3) is 0 Å². The van der Waals surface area contributed by atoms with Gasteiger partial charge in [0.2, 0.25) is 0 Å². The minimum Gasteiger partial charge on any atom is -0.507 e. The first-order valence-corrected chi connectivity index (χ1v) is 9.41. The smallest absolute Gasteiger partial charge is 0.124 e. The van der Waals surface area contributed by atoms with Gasteiger partial charge in [-0.2, -0.15) is 0 Å².